The molecule has 0 radical (unpaired) electrons. The van der Waals surface area contributed by atoms with Gasteiger partial charge in [0.05, 0.1) is 0 Å². The summed E-state index contributed by atoms with van der Waals surface area (Å²) in [5.74, 6) is -0.796. The summed E-state index contributed by atoms with van der Waals surface area (Å²) in [5.41, 5.74) is 1.59. The molecule has 2 heteroatoms. The van der Waals surface area contributed by atoms with Gasteiger partial charge in [0.25, 0.3) is 0 Å². The van der Waals surface area contributed by atoms with E-state index in [1.807, 2.05) is 42.5 Å². The Morgan fingerprint density at radius 3 is 1.92 bits per heavy atom. The van der Waals surface area contributed by atoms with Crippen LogP contribution in [-0.2, 0) is 4.79 Å². The van der Waals surface area contributed by atoms with Crippen molar-refractivity contribution in [3.05, 3.63) is 53.6 Å². The highest BCUT2D eigenvalue weighted by Crippen LogP contribution is 2.14. The lowest BCUT2D eigenvalue weighted by Gasteiger charge is -2.03. The lowest BCUT2D eigenvalue weighted by atomic mass is 10.0. The van der Waals surface area contributed by atoms with E-state index >= 15 is 0 Å². The van der Waals surface area contributed by atoms with Crippen LogP contribution < -0.4 is 0 Å². The van der Waals surface area contributed by atoms with E-state index in [1.165, 1.54) is 57.8 Å². The van der Waals surface area contributed by atoms with Crippen LogP contribution in [0.15, 0.2) is 48.1 Å². The number of carboxylic acid groups (broad SMARTS) is 1. The number of hydrogen-bond acceptors (Lipinski definition) is 1. The average molecular weight is 357 g/mol. The summed E-state index contributed by atoms with van der Waals surface area (Å²) in [6.45, 7) is 2.25. The van der Waals surface area contributed by atoms with Crippen LogP contribution in [-0.4, -0.2) is 11.1 Å². The molecule has 1 aromatic carbocycles. The van der Waals surface area contributed by atoms with Crippen LogP contribution in [0.25, 0.3) is 6.08 Å². The lowest BCUT2D eigenvalue weighted by Crippen LogP contribution is -2.00. The van der Waals surface area contributed by atoms with E-state index in [4.69, 9.17) is 0 Å². The van der Waals surface area contributed by atoms with Crippen molar-refractivity contribution in [2.24, 2.45) is 0 Å². The SMILES string of the molecule is CCCCCCCCCCCCCC(=CC=Cc1ccccc1)C(=O)O. The standard InChI is InChI=1S/C24H36O2/c1-2-3-4-5-6-7-8-9-10-11-15-20-23(24(25)26)21-16-19-22-17-13-12-14-18-22/h12-14,16-19,21H,2-11,15,20H2,1H3,(H,25,26). The molecule has 0 fully saturated rings. The van der Waals surface area contributed by atoms with Crippen molar-refractivity contribution in [3.8, 4) is 0 Å². The van der Waals surface area contributed by atoms with Gasteiger partial charge in [-0.2, -0.15) is 0 Å². The molecule has 0 spiro atoms. The molecule has 0 amide bonds. The van der Waals surface area contributed by atoms with Crippen LogP contribution >= 0.6 is 0 Å². The molecule has 0 saturated carbocycles. The molecule has 0 aliphatic carbocycles. The van der Waals surface area contributed by atoms with Crippen molar-refractivity contribution in [3.63, 3.8) is 0 Å². The average Bonchev–Trinajstić information content (AvgIpc) is 2.65. The van der Waals surface area contributed by atoms with Gasteiger partial charge in [0.2, 0.25) is 0 Å². The highest BCUT2D eigenvalue weighted by molar-refractivity contribution is 5.87. The number of benzene rings is 1. The quantitative estimate of drug-likeness (QED) is 0.202. The van der Waals surface area contributed by atoms with Crippen LogP contribution in [0.5, 0.6) is 0 Å². The van der Waals surface area contributed by atoms with E-state index in [9.17, 15) is 9.90 Å². The monoisotopic (exact) mass is 356 g/mol. The first-order chi connectivity index (χ1) is 12.7. The Balaban J connectivity index is 2.13. The summed E-state index contributed by atoms with van der Waals surface area (Å²) in [5, 5.41) is 9.33. The number of unbranched alkanes of at least 4 members (excludes halogenated alkanes) is 10. The van der Waals surface area contributed by atoms with Crippen molar-refractivity contribution in [2.75, 3.05) is 0 Å². The summed E-state index contributed by atoms with van der Waals surface area (Å²) in [6, 6.07) is 9.95. The smallest absolute Gasteiger partial charge is 0.331 e. The van der Waals surface area contributed by atoms with E-state index in [-0.39, 0.29) is 0 Å². The van der Waals surface area contributed by atoms with E-state index in [0.717, 1.165) is 18.4 Å². The zero-order chi connectivity index (χ0) is 18.9. The minimum Gasteiger partial charge on any atom is -0.478 e. The highest BCUT2D eigenvalue weighted by Gasteiger charge is 2.05. The van der Waals surface area contributed by atoms with Crippen molar-refractivity contribution in [1.82, 2.24) is 0 Å². The summed E-state index contributed by atoms with van der Waals surface area (Å²) >= 11 is 0. The maximum absolute atomic E-state index is 11.4. The molecule has 144 valence electrons. The normalized spacial score (nSPS) is 12.0. The molecule has 0 aliphatic heterocycles. The van der Waals surface area contributed by atoms with Gasteiger partial charge in [0, 0.05) is 5.57 Å². The van der Waals surface area contributed by atoms with Crippen molar-refractivity contribution in [1.29, 1.82) is 0 Å². The first kappa shape index (κ1) is 22.2. The van der Waals surface area contributed by atoms with Crippen molar-refractivity contribution < 1.29 is 9.90 Å². The van der Waals surface area contributed by atoms with Crippen LogP contribution in [0.3, 0.4) is 0 Å². The lowest BCUT2D eigenvalue weighted by molar-refractivity contribution is -0.132. The Morgan fingerprint density at radius 2 is 1.38 bits per heavy atom. The van der Waals surface area contributed by atoms with E-state index in [2.05, 4.69) is 6.92 Å². The Kier molecular flexibility index (Phi) is 13.2. The van der Waals surface area contributed by atoms with Crippen LogP contribution in [0.1, 0.15) is 89.5 Å². The van der Waals surface area contributed by atoms with E-state index in [1.54, 1.807) is 6.08 Å². The van der Waals surface area contributed by atoms with Gasteiger partial charge in [-0.25, -0.2) is 4.79 Å². The Labute approximate surface area is 160 Å². The summed E-state index contributed by atoms with van der Waals surface area (Å²) in [7, 11) is 0. The number of aliphatic carboxylic acids is 1. The molecule has 1 rings (SSSR count). The van der Waals surface area contributed by atoms with Gasteiger partial charge >= 0.3 is 5.97 Å². The first-order valence-electron chi connectivity index (χ1n) is 10.4. The van der Waals surface area contributed by atoms with Crippen LogP contribution in [0.4, 0.5) is 0 Å². The molecule has 1 aromatic rings. The van der Waals surface area contributed by atoms with Crippen molar-refractivity contribution >= 4 is 12.0 Å². The summed E-state index contributed by atoms with van der Waals surface area (Å²) in [6.07, 6.45) is 20.3. The van der Waals surface area contributed by atoms with E-state index < -0.39 is 5.97 Å². The number of rotatable bonds is 15. The molecule has 0 aromatic heterocycles. The number of carboxylic acids is 1. The number of hydrogen-bond donors (Lipinski definition) is 1. The zero-order valence-electron chi connectivity index (χ0n) is 16.5. The second-order valence-electron chi connectivity index (χ2n) is 7.05. The fourth-order valence-electron chi connectivity index (χ4n) is 3.08. The van der Waals surface area contributed by atoms with Crippen LogP contribution in [0.2, 0.25) is 0 Å². The molecule has 0 saturated heterocycles. The number of carbonyl (C=O) groups is 1. The molecule has 2 nitrogen and oxygen atoms in total. The predicted molar refractivity (Wildman–Crippen MR) is 112 cm³/mol. The summed E-state index contributed by atoms with van der Waals surface area (Å²) < 4.78 is 0. The van der Waals surface area contributed by atoms with Gasteiger partial charge in [0.15, 0.2) is 0 Å². The van der Waals surface area contributed by atoms with E-state index in [0.29, 0.717) is 12.0 Å². The second kappa shape index (κ2) is 15.4. The maximum Gasteiger partial charge on any atom is 0.331 e. The minimum absolute atomic E-state index is 0.508. The Morgan fingerprint density at radius 1 is 0.846 bits per heavy atom. The molecular formula is C24H36O2. The van der Waals surface area contributed by atoms with Gasteiger partial charge in [-0.1, -0.05) is 120 Å². The highest BCUT2D eigenvalue weighted by atomic mass is 16.4. The molecule has 0 bridgehead atoms. The molecule has 0 heterocycles. The Bertz CT molecular complexity index is 528. The topological polar surface area (TPSA) is 37.3 Å². The van der Waals surface area contributed by atoms with Gasteiger partial charge in [-0.3, -0.25) is 0 Å². The Hall–Kier alpha value is -1.83. The first-order valence-corrected chi connectivity index (χ1v) is 10.4. The summed E-state index contributed by atoms with van der Waals surface area (Å²) in [4.78, 5) is 11.4. The largest absolute Gasteiger partial charge is 0.478 e. The fourth-order valence-corrected chi connectivity index (χ4v) is 3.08. The van der Waals surface area contributed by atoms with Gasteiger partial charge in [-0.15, -0.1) is 0 Å². The molecule has 26 heavy (non-hydrogen) atoms. The van der Waals surface area contributed by atoms with Gasteiger partial charge in [0.1, 0.15) is 0 Å². The second-order valence-corrected chi connectivity index (χ2v) is 7.05. The molecule has 0 atom stereocenters. The molecule has 0 unspecified atom stereocenters. The minimum atomic E-state index is -0.796. The molecule has 1 N–H and O–H groups in total. The third-order valence-electron chi connectivity index (χ3n) is 4.71. The van der Waals surface area contributed by atoms with Crippen LogP contribution in [0, 0.1) is 0 Å². The van der Waals surface area contributed by atoms with Gasteiger partial charge < -0.3 is 5.11 Å². The third-order valence-corrected chi connectivity index (χ3v) is 4.71. The zero-order valence-corrected chi connectivity index (χ0v) is 16.5. The molecular weight excluding hydrogens is 320 g/mol. The van der Waals surface area contributed by atoms with Crippen molar-refractivity contribution in [2.45, 2.75) is 84.0 Å². The maximum atomic E-state index is 11.4. The third kappa shape index (κ3) is 11.7. The molecule has 0 aliphatic rings. The number of allylic oxidation sites excluding steroid dienone is 2. The fraction of sp³-hybridized carbons (Fsp3) is 0.542. The predicted octanol–water partition coefficient (Wildman–Crippen LogP) is 7.41. The van der Waals surface area contributed by atoms with Gasteiger partial charge in [-0.05, 0) is 18.4 Å².